The Hall–Kier alpha value is -1.95. The zero-order valence-electron chi connectivity index (χ0n) is 15.9. The molecule has 0 bridgehead atoms. The second-order valence-electron chi connectivity index (χ2n) is 7.38. The zero-order valence-corrected chi connectivity index (χ0v) is 17.5. The number of hydrogen-bond acceptors (Lipinski definition) is 4. The van der Waals surface area contributed by atoms with Crippen molar-refractivity contribution in [1.29, 1.82) is 0 Å². The molecular formula is C22H22ClN4S. The third-order valence-electron chi connectivity index (χ3n) is 5.56. The first-order valence-electron chi connectivity index (χ1n) is 9.68. The first kappa shape index (κ1) is 18.1. The van der Waals surface area contributed by atoms with E-state index in [0.29, 0.717) is 5.37 Å². The van der Waals surface area contributed by atoms with E-state index in [1.165, 1.54) is 10.5 Å². The van der Waals surface area contributed by atoms with Gasteiger partial charge in [0.05, 0.1) is 28.6 Å². The lowest BCUT2D eigenvalue weighted by molar-refractivity contribution is -0.00548. The van der Waals surface area contributed by atoms with Crippen LogP contribution < -0.4 is 0 Å². The van der Waals surface area contributed by atoms with Crippen molar-refractivity contribution in [3.05, 3.63) is 70.6 Å². The molecule has 2 atom stereocenters. The Labute approximate surface area is 174 Å². The van der Waals surface area contributed by atoms with Crippen molar-refractivity contribution in [3.63, 3.8) is 0 Å². The van der Waals surface area contributed by atoms with Crippen LogP contribution in [0.25, 0.3) is 15.9 Å². The number of aromatic nitrogens is 2. The highest BCUT2D eigenvalue weighted by Gasteiger charge is 2.37. The lowest BCUT2D eigenvalue weighted by atomic mass is 10.2. The van der Waals surface area contributed by atoms with Gasteiger partial charge in [-0.15, -0.1) is 0 Å². The van der Waals surface area contributed by atoms with Crippen LogP contribution in [0.2, 0.25) is 5.02 Å². The molecular weight excluding hydrogens is 388 g/mol. The number of imidazole rings is 1. The Morgan fingerprint density at radius 2 is 2.04 bits per heavy atom. The summed E-state index contributed by atoms with van der Waals surface area (Å²) in [5.41, 5.74) is 4.29. The molecule has 1 N–H and O–H groups in total. The Morgan fingerprint density at radius 1 is 1.21 bits per heavy atom. The second kappa shape index (κ2) is 7.14. The normalized spacial score (nSPS) is 23.0. The number of halogens is 1. The van der Waals surface area contributed by atoms with Gasteiger partial charge < -0.3 is 4.98 Å². The number of fused-ring (bicyclic) bond motifs is 1. The molecule has 0 spiro atoms. The first-order chi connectivity index (χ1) is 13.6. The molecule has 2 aromatic carbocycles. The van der Waals surface area contributed by atoms with Crippen LogP contribution in [0.1, 0.15) is 42.8 Å². The van der Waals surface area contributed by atoms with Crippen molar-refractivity contribution < 1.29 is 0 Å². The second-order valence-corrected chi connectivity index (χ2v) is 9.11. The van der Waals surface area contributed by atoms with Gasteiger partial charge in [0.1, 0.15) is 5.82 Å². The van der Waals surface area contributed by atoms with Gasteiger partial charge in [-0.1, -0.05) is 53.7 Å². The molecule has 0 saturated carbocycles. The van der Waals surface area contributed by atoms with Crippen molar-refractivity contribution in [2.75, 3.05) is 6.54 Å². The summed E-state index contributed by atoms with van der Waals surface area (Å²) in [7, 11) is 0. The Balaban J connectivity index is 1.47. The monoisotopic (exact) mass is 409 g/mol. The third kappa shape index (κ3) is 3.02. The van der Waals surface area contributed by atoms with E-state index >= 15 is 0 Å². The fourth-order valence-electron chi connectivity index (χ4n) is 4.09. The van der Waals surface area contributed by atoms with E-state index < -0.39 is 0 Å². The van der Waals surface area contributed by atoms with Crippen molar-refractivity contribution >= 4 is 39.3 Å². The number of nitrogens with zero attached hydrogens (tertiary/aromatic N) is 3. The van der Waals surface area contributed by atoms with E-state index in [0.717, 1.165) is 46.8 Å². The van der Waals surface area contributed by atoms with Crippen LogP contribution >= 0.6 is 23.4 Å². The maximum atomic E-state index is 6.29. The van der Waals surface area contributed by atoms with Gasteiger partial charge >= 0.3 is 0 Å². The van der Waals surface area contributed by atoms with E-state index in [2.05, 4.69) is 58.5 Å². The van der Waals surface area contributed by atoms with E-state index in [1.807, 2.05) is 30.8 Å². The summed E-state index contributed by atoms with van der Waals surface area (Å²) >= 11 is 8.16. The first-order valence-corrected chi connectivity index (χ1v) is 10.9. The van der Waals surface area contributed by atoms with Crippen LogP contribution in [0, 0.1) is 13.1 Å². The number of H-pyrrole nitrogens is 1. The molecule has 28 heavy (non-hydrogen) atoms. The molecule has 143 valence electrons. The molecule has 2 aliphatic rings. The minimum atomic E-state index is 0.233. The molecule has 0 amide bonds. The summed E-state index contributed by atoms with van der Waals surface area (Å²) in [6, 6.07) is 14.7. The van der Waals surface area contributed by atoms with Gasteiger partial charge in [0, 0.05) is 16.5 Å². The van der Waals surface area contributed by atoms with Crippen LogP contribution in [0.3, 0.4) is 0 Å². The minimum Gasteiger partial charge on any atom is -0.341 e. The Morgan fingerprint density at radius 3 is 2.86 bits per heavy atom. The molecule has 1 saturated heterocycles. The van der Waals surface area contributed by atoms with Gasteiger partial charge in [-0.25, -0.2) is 9.99 Å². The average Bonchev–Trinajstić information content (AvgIpc) is 3.43. The van der Waals surface area contributed by atoms with Gasteiger partial charge in [-0.05, 0) is 49.9 Å². The zero-order chi connectivity index (χ0) is 19.3. The van der Waals surface area contributed by atoms with Crippen LogP contribution in [0.15, 0.2) is 42.5 Å². The van der Waals surface area contributed by atoms with Gasteiger partial charge in [0.25, 0.3) is 0 Å². The van der Waals surface area contributed by atoms with Crippen LogP contribution in [0.4, 0.5) is 0 Å². The molecule has 5 rings (SSSR count). The van der Waals surface area contributed by atoms with E-state index in [-0.39, 0.29) is 6.04 Å². The summed E-state index contributed by atoms with van der Waals surface area (Å²) in [5, 5.41) is 5.78. The largest absolute Gasteiger partial charge is 0.341 e. The summed E-state index contributed by atoms with van der Waals surface area (Å²) in [6.07, 6.45) is 5.87. The summed E-state index contributed by atoms with van der Waals surface area (Å²) in [5.74, 6) is 1.02. The summed E-state index contributed by atoms with van der Waals surface area (Å²) in [6.45, 7) is 5.29. The topological polar surface area (TPSA) is 35.2 Å². The minimum absolute atomic E-state index is 0.233. The number of aryl methyl sites for hydroxylation is 1. The quantitative estimate of drug-likeness (QED) is 0.595. The molecule has 3 aromatic rings. The van der Waals surface area contributed by atoms with Gasteiger partial charge in [0.2, 0.25) is 0 Å². The fourth-order valence-corrected chi connectivity index (χ4v) is 5.27. The smallest absolute Gasteiger partial charge is 0.126 e. The molecule has 0 aliphatic carbocycles. The van der Waals surface area contributed by atoms with Gasteiger partial charge in [0.15, 0.2) is 0 Å². The number of hydrogen-bond donors (Lipinski definition) is 1. The van der Waals surface area contributed by atoms with Crippen LogP contribution in [-0.2, 0) is 0 Å². The lowest BCUT2D eigenvalue weighted by Crippen LogP contribution is -2.41. The lowest BCUT2D eigenvalue weighted by Gasteiger charge is -2.34. The Kier molecular flexibility index (Phi) is 4.62. The molecule has 6 heteroatoms. The molecule has 1 fully saturated rings. The number of rotatable bonds is 3. The van der Waals surface area contributed by atoms with Gasteiger partial charge in [-0.3, -0.25) is 5.01 Å². The fraction of sp³-hybridized carbons (Fsp3) is 0.318. The predicted molar refractivity (Wildman–Crippen MR) is 117 cm³/mol. The molecule has 2 aliphatic heterocycles. The van der Waals surface area contributed by atoms with Gasteiger partial charge in [-0.2, -0.15) is 0 Å². The number of aromatic amines is 1. The van der Waals surface area contributed by atoms with Crippen molar-refractivity contribution in [2.45, 2.75) is 38.1 Å². The van der Waals surface area contributed by atoms with Crippen LogP contribution in [-0.4, -0.2) is 31.9 Å². The maximum Gasteiger partial charge on any atom is 0.126 e. The predicted octanol–water partition coefficient (Wildman–Crippen LogP) is 5.77. The van der Waals surface area contributed by atoms with Crippen LogP contribution in [0.5, 0.6) is 0 Å². The molecule has 1 unspecified atom stereocenters. The van der Waals surface area contributed by atoms with Crippen molar-refractivity contribution in [2.24, 2.45) is 0 Å². The Bertz CT molecular complexity index is 1050. The highest BCUT2D eigenvalue weighted by molar-refractivity contribution is 8.09. The van der Waals surface area contributed by atoms with Crippen molar-refractivity contribution in [3.8, 4) is 0 Å². The standard InChI is InChI=1S/C22H22ClN4S/c1-14-17(23)10-11-18-21(14)25-22(24-18)19-9-6-12-26(19)27-13-20(28-15(27)2)16-7-4-3-5-8-16/h3-5,7-8,10-11,15,19H,6,9,12H2,1-2H3,(H,24,25)/t15?,19-/m0/s1. The summed E-state index contributed by atoms with van der Waals surface area (Å²) in [4.78, 5) is 9.67. The average molecular weight is 410 g/mol. The molecule has 3 heterocycles. The van der Waals surface area contributed by atoms with Crippen molar-refractivity contribution in [1.82, 2.24) is 20.0 Å². The highest BCUT2D eigenvalue weighted by atomic mass is 35.5. The number of thioether (sulfide) groups is 1. The van der Waals surface area contributed by atoms with E-state index in [4.69, 9.17) is 16.6 Å². The summed E-state index contributed by atoms with van der Waals surface area (Å²) < 4.78 is 0. The third-order valence-corrected chi connectivity index (χ3v) is 7.07. The molecule has 1 radical (unpaired) electrons. The molecule has 4 nitrogen and oxygen atoms in total. The maximum absolute atomic E-state index is 6.29. The van der Waals surface area contributed by atoms with E-state index in [1.54, 1.807) is 0 Å². The number of nitrogens with one attached hydrogen (secondary N) is 1. The SMILES string of the molecule is Cc1c(Cl)ccc2[nH]c([C@@H]3CCCN3N3[C]=C(c4ccccc4)SC3C)nc12. The number of hydrazine groups is 1. The van der Waals surface area contributed by atoms with E-state index in [9.17, 15) is 0 Å². The highest BCUT2D eigenvalue weighted by Crippen LogP contribution is 2.43. The number of benzene rings is 2. The molecule has 1 aromatic heterocycles.